The zero-order chi connectivity index (χ0) is 16.8. The molecule has 0 spiro atoms. The van der Waals surface area contributed by atoms with Crippen molar-refractivity contribution in [2.45, 2.75) is 31.7 Å². The molecule has 126 valence electrons. The van der Waals surface area contributed by atoms with Gasteiger partial charge in [-0.1, -0.05) is 30.3 Å². The van der Waals surface area contributed by atoms with Crippen molar-refractivity contribution in [3.8, 4) is 0 Å². The van der Waals surface area contributed by atoms with Gasteiger partial charge in [-0.15, -0.1) is 0 Å². The first-order valence-corrected chi connectivity index (χ1v) is 8.33. The Morgan fingerprint density at radius 3 is 2.83 bits per heavy atom. The monoisotopic (exact) mass is 326 g/mol. The zero-order valence-electron chi connectivity index (χ0n) is 13.6. The number of amides is 2. The molecular formula is C18H22N4O2. The second-order valence-electron chi connectivity index (χ2n) is 6.04. The van der Waals surface area contributed by atoms with E-state index in [1.54, 1.807) is 11.1 Å². The van der Waals surface area contributed by atoms with E-state index < -0.39 is 6.04 Å². The smallest absolute Gasteiger partial charge is 0.243 e. The number of nitrogens with zero attached hydrogens (tertiary/aromatic N) is 2. The molecular weight excluding hydrogens is 304 g/mol. The number of aromatic nitrogens is 2. The summed E-state index contributed by atoms with van der Waals surface area (Å²) in [5.41, 5.74) is 2.16. The van der Waals surface area contributed by atoms with E-state index in [-0.39, 0.29) is 11.8 Å². The largest absolute Gasteiger partial charge is 0.353 e. The molecule has 6 nitrogen and oxygen atoms in total. The molecule has 24 heavy (non-hydrogen) atoms. The van der Waals surface area contributed by atoms with Crippen LogP contribution < -0.4 is 5.32 Å². The van der Waals surface area contributed by atoms with E-state index in [4.69, 9.17) is 0 Å². The summed E-state index contributed by atoms with van der Waals surface area (Å²) in [4.78, 5) is 26.6. The van der Waals surface area contributed by atoms with Crippen molar-refractivity contribution in [2.24, 2.45) is 0 Å². The number of hydrogen-bond acceptors (Lipinski definition) is 3. The number of piperazine rings is 1. The summed E-state index contributed by atoms with van der Waals surface area (Å²) in [5.74, 6) is -0.0115. The Balaban J connectivity index is 1.60. The van der Waals surface area contributed by atoms with Crippen molar-refractivity contribution in [2.75, 3.05) is 13.1 Å². The van der Waals surface area contributed by atoms with Gasteiger partial charge in [0.05, 0.1) is 6.20 Å². The van der Waals surface area contributed by atoms with Gasteiger partial charge in [0.1, 0.15) is 6.04 Å². The minimum absolute atomic E-state index is 0.0503. The molecule has 2 aromatic rings. The summed E-state index contributed by atoms with van der Waals surface area (Å²) in [7, 11) is 0. The van der Waals surface area contributed by atoms with Crippen molar-refractivity contribution in [3.05, 3.63) is 53.9 Å². The summed E-state index contributed by atoms with van der Waals surface area (Å²) >= 11 is 0. The second kappa shape index (κ2) is 7.77. The highest BCUT2D eigenvalue weighted by Crippen LogP contribution is 2.15. The Morgan fingerprint density at radius 1 is 1.25 bits per heavy atom. The number of nitrogens with one attached hydrogen (secondary N) is 2. The highest BCUT2D eigenvalue weighted by Gasteiger charge is 2.32. The minimum Gasteiger partial charge on any atom is -0.353 e. The van der Waals surface area contributed by atoms with Gasteiger partial charge < -0.3 is 10.2 Å². The molecule has 1 aliphatic heterocycles. The van der Waals surface area contributed by atoms with E-state index in [2.05, 4.69) is 15.5 Å². The Bertz CT molecular complexity index is 670. The lowest BCUT2D eigenvalue weighted by molar-refractivity contribution is -0.143. The molecule has 0 saturated carbocycles. The summed E-state index contributed by atoms with van der Waals surface area (Å²) < 4.78 is 0. The lowest BCUT2D eigenvalue weighted by Gasteiger charge is -2.35. The summed E-state index contributed by atoms with van der Waals surface area (Å²) in [6, 6.07) is 9.42. The molecule has 2 amide bonds. The molecule has 3 rings (SSSR count). The number of hydrogen-bond donors (Lipinski definition) is 2. The normalized spacial score (nSPS) is 17.6. The molecule has 6 heteroatoms. The molecule has 1 aromatic heterocycles. The number of benzene rings is 1. The fourth-order valence-corrected chi connectivity index (χ4v) is 3.06. The van der Waals surface area contributed by atoms with Crippen LogP contribution in [0.2, 0.25) is 0 Å². The minimum atomic E-state index is -0.414. The number of aryl methyl sites for hydroxylation is 1. The molecule has 1 saturated heterocycles. The number of rotatable bonds is 6. The SMILES string of the molecule is O=C1NCCN(C(=O)CCCc2cn[nH]c2)[C@@H]1Cc1ccccc1. The fourth-order valence-electron chi connectivity index (χ4n) is 3.06. The van der Waals surface area contributed by atoms with Crippen LogP contribution >= 0.6 is 0 Å². The molecule has 0 bridgehead atoms. The molecule has 2 heterocycles. The van der Waals surface area contributed by atoms with Gasteiger partial charge in [-0.25, -0.2) is 0 Å². The second-order valence-corrected chi connectivity index (χ2v) is 6.04. The molecule has 2 N–H and O–H groups in total. The summed E-state index contributed by atoms with van der Waals surface area (Å²) in [5, 5.41) is 9.55. The van der Waals surface area contributed by atoms with Crippen LogP contribution in [0.15, 0.2) is 42.7 Å². The average molecular weight is 326 g/mol. The van der Waals surface area contributed by atoms with E-state index in [1.165, 1.54) is 0 Å². The topological polar surface area (TPSA) is 78.1 Å². The predicted molar refractivity (Wildman–Crippen MR) is 90.2 cm³/mol. The van der Waals surface area contributed by atoms with Crippen molar-refractivity contribution >= 4 is 11.8 Å². The summed E-state index contributed by atoms with van der Waals surface area (Å²) in [6.07, 6.45) is 6.19. The van der Waals surface area contributed by atoms with Gasteiger partial charge in [0.15, 0.2) is 0 Å². The standard InChI is InChI=1S/C18H22N4O2/c23-17(8-4-7-15-12-20-21-13-15)22-10-9-19-18(24)16(22)11-14-5-2-1-3-6-14/h1-3,5-6,12-13,16H,4,7-11H2,(H,19,24)(H,20,21)/t16-/m1/s1. The van der Waals surface area contributed by atoms with Crippen LogP contribution in [0.5, 0.6) is 0 Å². The van der Waals surface area contributed by atoms with Gasteiger partial charge in [0, 0.05) is 32.1 Å². The highest BCUT2D eigenvalue weighted by molar-refractivity contribution is 5.89. The highest BCUT2D eigenvalue weighted by atomic mass is 16.2. The predicted octanol–water partition coefficient (Wildman–Crippen LogP) is 1.30. The maximum atomic E-state index is 12.6. The molecule has 0 radical (unpaired) electrons. The van der Waals surface area contributed by atoms with Gasteiger partial charge in [-0.3, -0.25) is 14.7 Å². The van der Waals surface area contributed by atoms with Gasteiger partial charge in [-0.05, 0) is 24.0 Å². The number of carbonyl (C=O) groups excluding carboxylic acids is 2. The average Bonchev–Trinajstić information content (AvgIpc) is 3.11. The number of carbonyl (C=O) groups is 2. The first kappa shape index (κ1) is 16.2. The molecule has 1 fully saturated rings. The van der Waals surface area contributed by atoms with Crippen LogP contribution in [-0.2, 0) is 22.4 Å². The lowest BCUT2D eigenvalue weighted by atomic mass is 10.0. The van der Waals surface area contributed by atoms with Crippen LogP contribution in [0.3, 0.4) is 0 Å². The Labute approximate surface area is 141 Å². The van der Waals surface area contributed by atoms with Gasteiger partial charge >= 0.3 is 0 Å². The Kier molecular flexibility index (Phi) is 5.25. The van der Waals surface area contributed by atoms with Crippen molar-refractivity contribution in [3.63, 3.8) is 0 Å². The molecule has 0 unspecified atom stereocenters. The van der Waals surface area contributed by atoms with E-state index in [0.717, 1.165) is 24.0 Å². The van der Waals surface area contributed by atoms with Crippen LogP contribution in [0.1, 0.15) is 24.0 Å². The van der Waals surface area contributed by atoms with Crippen LogP contribution in [0.4, 0.5) is 0 Å². The molecule has 1 aromatic carbocycles. The van der Waals surface area contributed by atoms with Gasteiger partial charge in [-0.2, -0.15) is 5.10 Å². The van der Waals surface area contributed by atoms with E-state index in [0.29, 0.717) is 25.9 Å². The van der Waals surface area contributed by atoms with E-state index in [9.17, 15) is 9.59 Å². The summed E-state index contributed by atoms with van der Waals surface area (Å²) in [6.45, 7) is 1.10. The third-order valence-electron chi connectivity index (χ3n) is 4.33. The van der Waals surface area contributed by atoms with Crippen LogP contribution in [0.25, 0.3) is 0 Å². The van der Waals surface area contributed by atoms with E-state index >= 15 is 0 Å². The van der Waals surface area contributed by atoms with Crippen molar-refractivity contribution in [1.82, 2.24) is 20.4 Å². The van der Waals surface area contributed by atoms with Crippen molar-refractivity contribution in [1.29, 1.82) is 0 Å². The van der Waals surface area contributed by atoms with Gasteiger partial charge in [0.2, 0.25) is 11.8 Å². The third-order valence-corrected chi connectivity index (χ3v) is 4.33. The maximum absolute atomic E-state index is 12.6. The molecule has 1 atom stereocenters. The van der Waals surface area contributed by atoms with Gasteiger partial charge in [0.25, 0.3) is 0 Å². The Hall–Kier alpha value is -2.63. The van der Waals surface area contributed by atoms with Crippen molar-refractivity contribution < 1.29 is 9.59 Å². The zero-order valence-corrected chi connectivity index (χ0v) is 13.6. The van der Waals surface area contributed by atoms with Crippen LogP contribution in [-0.4, -0.2) is 46.0 Å². The first-order valence-electron chi connectivity index (χ1n) is 8.33. The fraction of sp³-hybridized carbons (Fsp3) is 0.389. The Morgan fingerprint density at radius 2 is 2.08 bits per heavy atom. The third kappa shape index (κ3) is 4.01. The lowest BCUT2D eigenvalue weighted by Crippen LogP contribution is -2.58. The molecule has 1 aliphatic rings. The number of aromatic amines is 1. The van der Waals surface area contributed by atoms with E-state index in [1.807, 2.05) is 36.5 Å². The molecule has 0 aliphatic carbocycles. The first-order chi connectivity index (χ1) is 11.7. The quantitative estimate of drug-likeness (QED) is 0.840. The number of H-pyrrole nitrogens is 1. The maximum Gasteiger partial charge on any atom is 0.243 e. The van der Waals surface area contributed by atoms with Crippen LogP contribution in [0, 0.1) is 0 Å².